The molecule has 0 radical (unpaired) electrons. The number of amides is 1. The average Bonchev–Trinajstić information content (AvgIpc) is 2.94. The molecule has 0 atom stereocenters. The summed E-state index contributed by atoms with van der Waals surface area (Å²) in [6.07, 6.45) is 0. The zero-order valence-corrected chi connectivity index (χ0v) is 24.7. The molecule has 2 rings (SSSR count). The Kier molecular flexibility index (Phi) is 15.5. The number of benzene rings is 1. The van der Waals surface area contributed by atoms with Crippen LogP contribution in [0, 0.1) is 6.92 Å². The van der Waals surface area contributed by atoms with E-state index >= 15 is 0 Å². The first-order valence-electron chi connectivity index (χ1n) is 13.4. The van der Waals surface area contributed by atoms with Crippen molar-refractivity contribution < 1.29 is 34.1 Å². The monoisotopic (exact) mass is 619 g/mol. The van der Waals surface area contributed by atoms with Crippen molar-refractivity contribution in [1.82, 2.24) is 25.0 Å². The smallest absolute Gasteiger partial charge is 0.317 e. The minimum Gasteiger partial charge on any atom is -0.480 e. The molecular formula is C27H37N7O8S. The number of ether oxygens (including phenoxy) is 1. The first-order valence-corrected chi connectivity index (χ1v) is 13.9. The molecule has 0 aliphatic heterocycles. The van der Waals surface area contributed by atoms with Crippen LogP contribution in [0.1, 0.15) is 5.56 Å². The van der Waals surface area contributed by atoms with Crippen LogP contribution in [0.15, 0.2) is 34.1 Å². The molecule has 0 aliphatic rings. The summed E-state index contributed by atoms with van der Waals surface area (Å²) in [5, 5.41) is 27.8. The number of rotatable bonds is 22. The number of isothiocyanates is 1. The Hall–Kier alpha value is -4.21. The van der Waals surface area contributed by atoms with Crippen molar-refractivity contribution in [1.29, 1.82) is 0 Å². The van der Waals surface area contributed by atoms with Gasteiger partial charge in [-0.1, -0.05) is 6.07 Å². The fourth-order valence-corrected chi connectivity index (χ4v) is 4.36. The molecular weight excluding hydrogens is 582 g/mol. The Labute approximate surface area is 253 Å². The van der Waals surface area contributed by atoms with Crippen LogP contribution in [0.3, 0.4) is 0 Å². The van der Waals surface area contributed by atoms with Gasteiger partial charge in [0.25, 0.3) is 6.47 Å². The van der Waals surface area contributed by atoms with Gasteiger partial charge in [-0.2, -0.15) is 0 Å². The number of carbonyl (C=O) groups is 4. The summed E-state index contributed by atoms with van der Waals surface area (Å²) in [7, 11) is 0. The molecule has 15 nitrogen and oxygen atoms in total. The molecule has 1 heterocycles. The number of aliphatic carboxylic acids is 2. The topological polar surface area (TPSA) is 197 Å². The predicted octanol–water partition coefficient (Wildman–Crippen LogP) is -0.327. The highest BCUT2D eigenvalue weighted by atomic mass is 32.1. The van der Waals surface area contributed by atoms with Crippen LogP contribution in [-0.4, -0.2) is 138 Å². The minimum absolute atomic E-state index is 0.102. The third-order valence-electron chi connectivity index (χ3n) is 6.29. The van der Waals surface area contributed by atoms with Crippen molar-refractivity contribution in [2.75, 3.05) is 84.0 Å². The molecule has 0 fully saturated rings. The number of carbonyl (C=O) groups excluding carboxylic acids is 2. The molecule has 0 saturated heterocycles. The zero-order valence-electron chi connectivity index (χ0n) is 23.9. The maximum Gasteiger partial charge on any atom is 0.317 e. The molecule has 1 amide bonds. The van der Waals surface area contributed by atoms with Crippen LogP contribution in [0.2, 0.25) is 0 Å². The zero-order chi connectivity index (χ0) is 31.6. The molecule has 2 aromatic rings. The third-order valence-corrected chi connectivity index (χ3v) is 6.42. The van der Waals surface area contributed by atoms with E-state index in [1.165, 1.54) is 11.0 Å². The first kappa shape index (κ1) is 35.0. The maximum atomic E-state index is 12.2. The lowest BCUT2D eigenvalue weighted by Crippen LogP contribution is -2.46. The van der Waals surface area contributed by atoms with Crippen LogP contribution in [0.4, 0.5) is 5.69 Å². The summed E-state index contributed by atoms with van der Waals surface area (Å²) in [5.41, 5.74) is 2.10. The number of thiocarbonyl (C=S) groups is 1. The van der Waals surface area contributed by atoms with Gasteiger partial charge >= 0.3 is 11.9 Å². The molecule has 1 aromatic heterocycles. The number of carboxylic acid groups (broad SMARTS) is 2. The average molecular weight is 620 g/mol. The molecule has 234 valence electrons. The van der Waals surface area contributed by atoms with Gasteiger partial charge in [0.05, 0.1) is 36.9 Å². The first-order chi connectivity index (χ1) is 20.6. The maximum absolute atomic E-state index is 12.2. The number of hydrogen-bond donors (Lipinski definition) is 5. The summed E-state index contributed by atoms with van der Waals surface area (Å²) < 4.78 is 4.80. The predicted molar refractivity (Wildman–Crippen MR) is 162 cm³/mol. The standard InChI is InChI=1S/C27H37N7O8S/c1-20-12-24(36)31-23-13-21(2-3-22(20)23)29-6-7-32(15-26(38)39)8-9-33(16-27(40)41)10-11-34(18-42-19-35)14-25(37)30-5-4-28-17-43/h2-3,12-13,19,29H,4-11,14-16,18H2,1H3,(H,30,37)(H,31,36)(H,38,39)(H,40,41). The van der Waals surface area contributed by atoms with Crippen LogP contribution < -0.4 is 16.2 Å². The third kappa shape index (κ3) is 14.0. The summed E-state index contributed by atoms with van der Waals surface area (Å²) in [4.78, 5) is 69.1. The lowest BCUT2D eigenvalue weighted by molar-refractivity contribution is -0.140. The largest absolute Gasteiger partial charge is 0.480 e. The molecule has 16 heteroatoms. The molecule has 5 N–H and O–H groups in total. The summed E-state index contributed by atoms with van der Waals surface area (Å²) in [6, 6.07) is 7.11. The van der Waals surface area contributed by atoms with E-state index in [2.05, 4.69) is 38.0 Å². The van der Waals surface area contributed by atoms with Gasteiger partial charge in [-0.3, -0.25) is 38.7 Å². The highest BCUT2D eigenvalue weighted by Gasteiger charge is 2.17. The quantitative estimate of drug-likeness (QED) is 0.0378. The van der Waals surface area contributed by atoms with Gasteiger partial charge in [0, 0.05) is 63.0 Å². The number of nitrogens with zero attached hydrogens (tertiary/aromatic N) is 4. The Morgan fingerprint density at radius 2 is 1.65 bits per heavy atom. The van der Waals surface area contributed by atoms with Crippen molar-refractivity contribution in [2.45, 2.75) is 6.92 Å². The Balaban J connectivity index is 1.96. The van der Waals surface area contributed by atoms with Gasteiger partial charge in [0.15, 0.2) is 0 Å². The van der Waals surface area contributed by atoms with Crippen molar-refractivity contribution in [3.8, 4) is 0 Å². The normalized spacial score (nSPS) is 11.0. The van der Waals surface area contributed by atoms with Crippen LogP contribution in [0.25, 0.3) is 10.9 Å². The highest BCUT2D eigenvalue weighted by Crippen LogP contribution is 2.18. The number of hydrogen-bond acceptors (Lipinski definition) is 12. The van der Waals surface area contributed by atoms with Gasteiger partial charge in [0.2, 0.25) is 11.5 Å². The van der Waals surface area contributed by atoms with Crippen LogP contribution in [-0.2, 0) is 23.9 Å². The van der Waals surface area contributed by atoms with Gasteiger partial charge in [0.1, 0.15) is 6.73 Å². The van der Waals surface area contributed by atoms with E-state index in [1.807, 2.05) is 25.1 Å². The number of fused-ring (bicyclic) bond motifs is 1. The van der Waals surface area contributed by atoms with E-state index in [9.17, 15) is 34.2 Å². The number of anilines is 1. The van der Waals surface area contributed by atoms with E-state index < -0.39 is 11.9 Å². The Morgan fingerprint density at radius 3 is 2.28 bits per heavy atom. The Bertz CT molecular complexity index is 1350. The summed E-state index contributed by atoms with van der Waals surface area (Å²) in [5.74, 6) is -2.43. The van der Waals surface area contributed by atoms with E-state index in [1.54, 1.807) is 9.80 Å². The molecule has 43 heavy (non-hydrogen) atoms. The van der Waals surface area contributed by atoms with E-state index in [0.717, 1.165) is 16.6 Å². The van der Waals surface area contributed by atoms with Crippen molar-refractivity contribution in [2.24, 2.45) is 4.99 Å². The number of aromatic amines is 1. The number of pyridine rings is 1. The molecule has 0 bridgehead atoms. The van der Waals surface area contributed by atoms with Gasteiger partial charge < -0.3 is 30.6 Å². The highest BCUT2D eigenvalue weighted by molar-refractivity contribution is 7.78. The molecule has 0 spiro atoms. The number of aryl methyl sites for hydroxylation is 1. The van der Waals surface area contributed by atoms with E-state index in [-0.39, 0.29) is 83.6 Å². The Morgan fingerprint density at radius 1 is 1.00 bits per heavy atom. The van der Waals surface area contributed by atoms with Gasteiger partial charge in [-0.05, 0) is 36.8 Å². The SMILES string of the molecule is Cc1cc(=O)[nH]c2cc(NCCN(CCN(CCN(COC=O)CC(=O)NCCN=C=S)CC(=O)O)CC(=O)O)ccc12. The lowest BCUT2D eigenvalue weighted by Gasteiger charge is -2.28. The molecule has 0 saturated carbocycles. The van der Waals surface area contributed by atoms with Gasteiger partial charge in [-0.25, -0.2) is 4.99 Å². The van der Waals surface area contributed by atoms with Crippen LogP contribution >= 0.6 is 12.2 Å². The van der Waals surface area contributed by atoms with Crippen molar-refractivity contribution in [3.63, 3.8) is 0 Å². The van der Waals surface area contributed by atoms with Gasteiger partial charge in [-0.15, -0.1) is 0 Å². The fourth-order valence-electron chi connectivity index (χ4n) is 4.27. The summed E-state index contributed by atoms with van der Waals surface area (Å²) >= 11 is 4.48. The second kappa shape index (κ2) is 19.1. The molecule has 1 aromatic carbocycles. The number of nitrogens with one attached hydrogen (secondary N) is 3. The fraction of sp³-hybridized carbons (Fsp3) is 0.481. The number of H-pyrrole nitrogens is 1. The second-order valence-electron chi connectivity index (χ2n) is 9.61. The lowest BCUT2D eigenvalue weighted by atomic mass is 10.1. The number of carboxylic acids is 2. The molecule has 0 aliphatic carbocycles. The summed E-state index contributed by atoms with van der Waals surface area (Å²) in [6.45, 7) is 3.47. The number of aromatic nitrogens is 1. The molecule has 0 unspecified atom stereocenters. The minimum atomic E-state index is -1.07. The second-order valence-corrected chi connectivity index (χ2v) is 9.79. The van der Waals surface area contributed by atoms with Crippen molar-refractivity contribution in [3.05, 3.63) is 40.2 Å². The van der Waals surface area contributed by atoms with E-state index in [0.29, 0.717) is 18.6 Å². The van der Waals surface area contributed by atoms with E-state index in [4.69, 9.17) is 4.74 Å². The van der Waals surface area contributed by atoms with Crippen molar-refractivity contribution >= 4 is 58.3 Å². The van der Waals surface area contributed by atoms with Crippen LogP contribution in [0.5, 0.6) is 0 Å². The number of aliphatic imine (C=N–C) groups is 1.